The van der Waals surface area contributed by atoms with E-state index >= 15 is 0 Å². The number of carboxylic acid groups (broad SMARTS) is 1. The molecule has 1 aromatic heterocycles. The van der Waals surface area contributed by atoms with Crippen LogP contribution in [0, 0.1) is 11.8 Å². The fourth-order valence-corrected chi connectivity index (χ4v) is 3.81. The summed E-state index contributed by atoms with van der Waals surface area (Å²) < 4.78 is 6.45. The van der Waals surface area contributed by atoms with E-state index in [4.69, 9.17) is 9.84 Å². The van der Waals surface area contributed by atoms with Crippen LogP contribution in [0.1, 0.15) is 52.0 Å². The first-order valence-electron chi connectivity index (χ1n) is 10.4. The van der Waals surface area contributed by atoms with Crippen LogP contribution in [-0.2, 0) is 4.79 Å². The molecule has 1 N–H and O–H groups in total. The first kappa shape index (κ1) is 21.6. The van der Waals surface area contributed by atoms with E-state index in [0.29, 0.717) is 5.92 Å². The monoisotopic (exact) mass is 411 g/mol. The number of anilines is 1. The second-order valence-corrected chi connectivity index (χ2v) is 8.15. The van der Waals surface area contributed by atoms with Gasteiger partial charge in [-0.1, -0.05) is 37.3 Å². The summed E-state index contributed by atoms with van der Waals surface area (Å²) in [4.78, 5) is 26.1. The summed E-state index contributed by atoms with van der Waals surface area (Å²) in [5.41, 5.74) is 0.975. The highest BCUT2D eigenvalue weighted by atomic mass is 16.7. The number of hydrogen-bond donors (Lipinski definition) is 1. The second-order valence-electron chi connectivity index (χ2n) is 8.15. The molecule has 0 radical (unpaired) electrons. The zero-order valence-electron chi connectivity index (χ0n) is 17.7. The summed E-state index contributed by atoms with van der Waals surface area (Å²) in [5, 5.41) is 13.6. The number of hydrogen-bond acceptors (Lipinski definition) is 4. The van der Waals surface area contributed by atoms with Crippen molar-refractivity contribution in [3.63, 3.8) is 0 Å². The van der Waals surface area contributed by atoms with Gasteiger partial charge in [0.05, 0.1) is 6.20 Å². The van der Waals surface area contributed by atoms with Crippen LogP contribution in [0.5, 0.6) is 5.75 Å². The van der Waals surface area contributed by atoms with Crippen LogP contribution >= 0.6 is 0 Å². The number of rotatable bonds is 6. The van der Waals surface area contributed by atoms with Crippen molar-refractivity contribution in [1.82, 2.24) is 9.78 Å². The van der Waals surface area contributed by atoms with Crippen molar-refractivity contribution in [3.05, 3.63) is 42.1 Å². The Balaban J connectivity index is 1.91. The van der Waals surface area contributed by atoms with Crippen molar-refractivity contribution < 1.29 is 19.4 Å². The lowest BCUT2D eigenvalue weighted by Gasteiger charge is -2.32. The normalized spacial score (nSPS) is 19.2. The Hall–Kier alpha value is -3.09. The minimum Gasteiger partial charge on any atom is -0.449 e. The Bertz CT molecular complexity index is 896. The minimum atomic E-state index is -1.44. The molecule has 0 atom stereocenters. The van der Waals surface area contributed by atoms with E-state index in [1.807, 2.05) is 50.3 Å². The van der Waals surface area contributed by atoms with Crippen LogP contribution in [0.15, 0.2) is 36.5 Å². The molecule has 160 valence electrons. The molecule has 1 heterocycles. The molecule has 0 aliphatic heterocycles. The van der Waals surface area contributed by atoms with E-state index in [9.17, 15) is 9.59 Å². The van der Waals surface area contributed by atoms with Gasteiger partial charge in [-0.2, -0.15) is 0 Å². The molecular weight excluding hydrogens is 382 g/mol. The average molecular weight is 412 g/mol. The van der Waals surface area contributed by atoms with Gasteiger partial charge in [0.25, 0.3) is 0 Å². The van der Waals surface area contributed by atoms with E-state index in [2.05, 4.69) is 12.0 Å². The van der Waals surface area contributed by atoms with Gasteiger partial charge in [0.2, 0.25) is 11.7 Å². The summed E-state index contributed by atoms with van der Waals surface area (Å²) in [5.74, 6) is 0.811. The molecular formula is C23H29N3O4. The third kappa shape index (κ3) is 5.28. The Morgan fingerprint density at radius 3 is 2.47 bits per heavy atom. The van der Waals surface area contributed by atoms with Gasteiger partial charge in [-0.25, -0.2) is 9.48 Å². The van der Waals surface area contributed by atoms with Crippen molar-refractivity contribution >= 4 is 30.2 Å². The molecule has 0 spiro atoms. The molecule has 30 heavy (non-hydrogen) atoms. The SMILES string of the molecule is CC(C)N(c1nn(/C=C/c2ccccc2)cc1OC(=O)O)C(=O)[C@H]1CC[C@H](C)CC1. The maximum absolute atomic E-state index is 13.3. The third-order valence-corrected chi connectivity index (χ3v) is 5.44. The summed E-state index contributed by atoms with van der Waals surface area (Å²) in [6, 6.07) is 9.50. The number of ether oxygens (including phenoxy) is 1. The van der Waals surface area contributed by atoms with Crippen molar-refractivity contribution in [2.24, 2.45) is 11.8 Å². The van der Waals surface area contributed by atoms with Crippen molar-refractivity contribution in [2.75, 3.05) is 4.90 Å². The highest BCUT2D eigenvalue weighted by molar-refractivity contribution is 5.96. The zero-order chi connectivity index (χ0) is 21.7. The number of amides is 1. The number of nitrogens with zero attached hydrogens (tertiary/aromatic N) is 3. The fourth-order valence-electron chi connectivity index (χ4n) is 3.81. The molecule has 3 rings (SSSR count). The Labute approximate surface area is 177 Å². The largest absolute Gasteiger partial charge is 0.511 e. The van der Waals surface area contributed by atoms with Crippen LogP contribution in [0.3, 0.4) is 0 Å². The van der Waals surface area contributed by atoms with Gasteiger partial charge >= 0.3 is 6.16 Å². The Morgan fingerprint density at radius 2 is 1.87 bits per heavy atom. The maximum Gasteiger partial charge on any atom is 0.511 e. The van der Waals surface area contributed by atoms with E-state index in [1.54, 1.807) is 11.1 Å². The van der Waals surface area contributed by atoms with Crippen molar-refractivity contribution in [2.45, 2.75) is 52.5 Å². The molecule has 1 saturated carbocycles. The molecule has 0 unspecified atom stereocenters. The average Bonchev–Trinajstić information content (AvgIpc) is 3.09. The highest BCUT2D eigenvalue weighted by Crippen LogP contribution is 2.34. The van der Waals surface area contributed by atoms with Gasteiger partial charge < -0.3 is 9.84 Å². The number of carbonyl (C=O) groups is 2. The molecule has 0 saturated heterocycles. The van der Waals surface area contributed by atoms with Gasteiger partial charge in [0.15, 0.2) is 5.75 Å². The lowest BCUT2D eigenvalue weighted by atomic mass is 9.82. The van der Waals surface area contributed by atoms with Crippen molar-refractivity contribution in [1.29, 1.82) is 0 Å². The number of carbonyl (C=O) groups excluding carboxylic acids is 1. The molecule has 2 aromatic rings. The van der Waals surface area contributed by atoms with Crippen molar-refractivity contribution in [3.8, 4) is 5.75 Å². The Kier molecular flexibility index (Phi) is 6.92. The van der Waals surface area contributed by atoms with Crippen LogP contribution in [0.4, 0.5) is 10.6 Å². The van der Waals surface area contributed by atoms with Crippen LogP contribution in [0.2, 0.25) is 0 Å². The zero-order valence-corrected chi connectivity index (χ0v) is 17.7. The predicted molar refractivity (Wildman–Crippen MR) is 116 cm³/mol. The molecule has 1 aromatic carbocycles. The maximum atomic E-state index is 13.3. The minimum absolute atomic E-state index is 0.0237. The van der Waals surface area contributed by atoms with Gasteiger partial charge in [0, 0.05) is 18.2 Å². The topological polar surface area (TPSA) is 84.7 Å². The molecule has 1 aliphatic carbocycles. The van der Waals surface area contributed by atoms with Crippen LogP contribution in [0.25, 0.3) is 12.3 Å². The molecule has 0 bridgehead atoms. The summed E-state index contributed by atoms with van der Waals surface area (Å²) in [6.45, 7) is 6.00. The number of aromatic nitrogens is 2. The molecule has 7 nitrogen and oxygen atoms in total. The first-order chi connectivity index (χ1) is 14.3. The summed E-state index contributed by atoms with van der Waals surface area (Å²) >= 11 is 0. The van der Waals surface area contributed by atoms with Crippen LogP contribution in [-0.4, -0.2) is 33.0 Å². The molecule has 1 amide bonds. The highest BCUT2D eigenvalue weighted by Gasteiger charge is 2.33. The lowest BCUT2D eigenvalue weighted by Crippen LogP contribution is -2.42. The van der Waals surface area contributed by atoms with E-state index < -0.39 is 6.16 Å². The summed E-state index contributed by atoms with van der Waals surface area (Å²) in [7, 11) is 0. The van der Waals surface area contributed by atoms with E-state index in [-0.39, 0.29) is 29.4 Å². The first-order valence-corrected chi connectivity index (χ1v) is 10.4. The standard InChI is InChI=1S/C23H29N3O4/c1-16(2)26(22(27)19-11-9-17(3)10-12-19)21-20(30-23(28)29)15-25(24-21)14-13-18-7-5-4-6-8-18/h4-8,13-17,19H,9-12H2,1-3H3,(H,28,29)/b14-13+/t17-,19-. The molecule has 1 aliphatic rings. The number of benzene rings is 1. The van der Waals surface area contributed by atoms with E-state index in [0.717, 1.165) is 31.2 Å². The predicted octanol–water partition coefficient (Wildman–Crippen LogP) is 5.14. The smallest absolute Gasteiger partial charge is 0.449 e. The fraction of sp³-hybridized carbons (Fsp3) is 0.435. The van der Waals surface area contributed by atoms with Gasteiger partial charge in [-0.15, -0.1) is 5.10 Å². The lowest BCUT2D eigenvalue weighted by molar-refractivity contribution is -0.124. The molecule has 7 heteroatoms. The quantitative estimate of drug-likeness (QED) is 0.666. The van der Waals surface area contributed by atoms with Gasteiger partial charge in [0.1, 0.15) is 0 Å². The second kappa shape index (κ2) is 9.61. The third-order valence-electron chi connectivity index (χ3n) is 5.44. The Morgan fingerprint density at radius 1 is 1.20 bits per heavy atom. The summed E-state index contributed by atoms with van der Waals surface area (Å²) in [6.07, 6.45) is 7.33. The van der Waals surface area contributed by atoms with Gasteiger partial charge in [-0.05, 0) is 57.1 Å². The molecule has 1 fully saturated rings. The van der Waals surface area contributed by atoms with E-state index in [1.165, 1.54) is 10.9 Å². The van der Waals surface area contributed by atoms with Gasteiger partial charge in [-0.3, -0.25) is 9.69 Å². The van der Waals surface area contributed by atoms with Crippen LogP contribution < -0.4 is 9.64 Å².